The molecule has 0 saturated heterocycles. The van der Waals surface area contributed by atoms with Crippen LogP contribution in [0.3, 0.4) is 0 Å². The number of nitrogens with two attached hydrogens (primary N) is 1. The Morgan fingerprint density at radius 2 is 2.12 bits per heavy atom. The Kier molecular flexibility index (Phi) is 4.24. The smallest absolute Gasteiger partial charge is 0.255 e. The maximum atomic E-state index is 12.1. The van der Waals surface area contributed by atoms with Crippen LogP contribution in [0.25, 0.3) is 0 Å². The summed E-state index contributed by atoms with van der Waals surface area (Å²) in [7, 11) is 0. The first-order valence-corrected chi connectivity index (χ1v) is 7.84. The number of aromatic nitrogens is 2. The lowest BCUT2D eigenvalue weighted by atomic mass is 9.87. The van der Waals surface area contributed by atoms with E-state index in [1.807, 2.05) is 36.9 Å². The van der Waals surface area contributed by atoms with E-state index in [-0.39, 0.29) is 24.5 Å². The fourth-order valence-electron chi connectivity index (χ4n) is 2.88. The maximum absolute atomic E-state index is 12.1. The molecule has 126 valence electrons. The molecule has 2 heterocycles. The topological polar surface area (TPSA) is 99.2 Å². The summed E-state index contributed by atoms with van der Waals surface area (Å²) in [6, 6.07) is 7.51. The molecule has 1 atom stereocenters. The van der Waals surface area contributed by atoms with Crippen LogP contribution < -0.4 is 15.8 Å². The first-order valence-electron chi connectivity index (χ1n) is 7.84. The molecule has 0 saturated carbocycles. The fourth-order valence-corrected chi connectivity index (χ4v) is 2.88. The molecule has 1 aliphatic rings. The molecule has 1 aliphatic heterocycles. The lowest BCUT2D eigenvalue weighted by Gasteiger charge is -2.24. The minimum Gasteiger partial charge on any atom is -0.484 e. The summed E-state index contributed by atoms with van der Waals surface area (Å²) < 4.78 is 7.09. The third-order valence-electron chi connectivity index (χ3n) is 4.00. The quantitative estimate of drug-likeness (QED) is 0.874. The molecular formula is C17H20N4O3. The molecule has 1 aromatic carbocycles. The normalized spacial score (nSPS) is 16.6. The molecule has 0 spiro atoms. The van der Waals surface area contributed by atoms with E-state index in [4.69, 9.17) is 10.5 Å². The van der Waals surface area contributed by atoms with Crippen molar-refractivity contribution in [2.75, 3.05) is 11.9 Å². The van der Waals surface area contributed by atoms with Crippen molar-refractivity contribution in [3.8, 4) is 5.75 Å². The third kappa shape index (κ3) is 3.10. The van der Waals surface area contributed by atoms with Crippen LogP contribution in [-0.4, -0.2) is 28.2 Å². The predicted octanol–water partition coefficient (Wildman–Crippen LogP) is 1.80. The van der Waals surface area contributed by atoms with Crippen molar-refractivity contribution in [2.45, 2.75) is 32.2 Å². The summed E-state index contributed by atoms with van der Waals surface area (Å²) in [5, 5.41) is 7.32. The van der Waals surface area contributed by atoms with Gasteiger partial charge in [-0.3, -0.25) is 9.59 Å². The van der Waals surface area contributed by atoms with Crippen molar-refractivity contribution < 1.29 is 14.3 Å². The standard InChI is InChI=1S/C17H20N4O3/c1-10(2)21-17-14(8-19-21)13(7-16(23)20-17)11-3-5-12(6-4-11)24-9-15(18)22/h3-6,8,10,13H,7,9H2,1-2H3,(H2,18,22)(H,20,23). The molecule has 0 aliphatic carbocycles. The molecular weight excluding hydrogens is 308 g/mol. The second-order valence-corrected chi connectivity index (χ2v) is 6.12. The number of benzene rings is 1. The van der Waals surface area contributed by atoms with Crippen molar-refractivity contribution in [3.05, 3.63) is 41.6 Å². The van der Waals surface area contributed by atoms with Gasteiger partial charge in [0.2, 0.25) is 5.91 Å². The number of primary amides is 1. The largest absolute Gasteiger partial charge is 0.484 e. The lowest BCUT2D eigenvalue weighted by Crippen LogP contribution is -2.25. The summed E-state index contributed by atoms with van der Waals surface area (Å²) in [5.74, 6) is 0.736. The average Bonchev–Trinajstić information content (AvgIpc) is 2.96. The number of nitrogens with zero attached hydrogens (tertiary/aromatic N) is 2. The monoisotopic (exact) mass is 328 g/mol. The molecule has 7 nitrogen and oxygen atoms in total. The number of nitrogens with one attached hydrogen (secondary N) is 1. The Hall–Kier alpha value is -2.83. The highest BCUT2D eigenvalue weighted by Gasteiger charge is 2.30. The van der Waals surface area contributed by atoms with Crippen molar-refractivity contribution in [1.29, 1.82) is 0 Å². The first-order chi connectivity index (χ1) is 11.5. The maximum Gasteiger partial charge on any atom is 0.255 e. The minimum absolute atomic E-state index is 0.0241. The summed E-state index contributed by atoms with van der Waals surface area (Å²) >= 11 is 0. The number of rotatable bonds is 5. The van der Waals surface area contributed by atoms with Crippen LogP contribution >= 0.6 is 0 Å². The number of ether oxygens (including phenoxy) is 1. The number of fused-ring (bicyclic) bond motifs is 1. The van der Waals surface area contributed by atoms with Gasteiger partial charge in [-0.15, -0.1) is 0 Å². The van der Waals surface area contributed by atoms with Crippen LogP contribution in [0.15, 0.2) is 30.5 Å². The van der Waals surface area contributed by atoms with Gasteiger partial charge >= 0.3 is 0 Å². The highest BCUT2D eigenvalue weighted by molar-refractivity contribution is 5.94. The van der Waals surface area contributed by atoms with Crippen molar-refractivity contribution in [2.24, 2.45) is 5.73 Å². The molecule has 0 fully saturated rings. The molecule has 0 radical (unpaired) electrons. The zero-order chi connectivity index (χ0) is 17.3. The van der Waals surface area contributed by atoms with Gasteiger partial charge in [0, 0.05) is 23.9 Å². The van der Waals surface area contributed by atoms with Gasteiger partial charge in [0.15, 0.2) is 6.61 Å². The van der Waals surface area contributed by atoms with E-state index in [0.717, 1.165) is 16.9 Å². The van der Waals surface area contributed by atoms with Crippen LogP contribution in [0.4, 0.5) is 5.82 Å². The van der Waals surface area contributed by atoms with E-state index in [9.17, 15) is 9.59 Å². The molecule has 3 rings (SSSR count). The number of hydrogen-bond acceptors (Lipinski definition) is 4. The Balaban J connectivity index is 1.87. The zero-order valence-electron chi connectivity index (χ0n) is 13.7. The molecule has 3 N–H and O–H groups in total. The van der Waals surface area contributed by atoms with Crippen LogP contribution in [0.5, 0.6) is 5.75 Å². The van der Waals surface area contributed by atoms with Gasteiger partial charge in [0.05, 0.1) is 6.20 Å². The van der Waals surface area contributed by atoms with E-state index in [2.05, 4.69) is 10.4 Å². The Bertz CT molecular complexity index is 765. The molecule has 2 aromatic rings. The van der Waals surface area contributed by atoms with Crippen LogP contribution in [0.1, 0.15) is 43.4 Å². The average molecular weight is 328 g/mol. The second kappa shape index (κ2) is 6.35. The van der Waals surface area contributed by atoms with Gasteiger partial charge < -0.3 is 15.8 Å². The van der Waals surface area contributed by atoms with Crippen molar-refractivity contribution in [3.63, 3.8) is 0 Å². The van der Waals surface area contributed by atoms with Gasteiger partial charge in [-0.25, -0.2) is 4.68 Å². The van der Waals surface area contributed by atoms with Gasteiger partial charge in [-0.2, -0.15) is 5.10 Å². The molecule has 1 unspecified atom stereocenters. The second-order valence-electron chi connectivity index (χ2n) is 6.12. The number of amides is 2. The molecule has 24 heavy (non-hydrogen) atoms. The Morgan fingerprint density at radius 3 is 2.75 bits per heavy atom. The SMILES string of the molecule is CC(C)n1ncc2c1NC(=O)CC2c1ccc(OCC(N)=O)cc1. The number of hydrogen-bond donors (Lipinski definition) is 2. The number of carbonyl (C=O) groups is 2. The minimum atomic E-state index is -0.520. The van der Waals surface area contributed by atoms with Crippen LogP contribution in [0.2, 0.25) is 0 Å². The van der Waals surface area contributed by atoms with E-state index < -0.39 is 5.91 Å². The highest BCUT2D eigenvalue weighted by Crippen LogP contribution is 2.38. The third-order valence-corrected chi connectivity index (χ3v) is 4.00. The number of carbonyl (C=O) groups excluding carboxylic acids is 2. The van der Waals surface area contributed by atoms with E-state index >= 15 is 0 Å². The lowest BCUT2D eigenvalue weighted by molar-refractivity contribution is -0.120. The zero-order valence-corrected chi connectivity index (χ0v) is 13.7. The van der Waals surface area contributed by atoms with Gasteiger partial charge in [0.25, 0.3) is 5.91 Å². The van der Waals surface area contributed by atoms with Crippen molar-refractivity contribution >= 4 is 17.6 Å². The summed E-state index contributed by atoms with van der Waals surface area (Å²) in [6.07, 6.45) is 2.19. The summed E-state index contributed by atoms with van der Waals surface area (Å²) in [4.78, 5) is 22.9. The fraction of sp³-hybridized carbons (Fsp3) is 0.353. The van der Waals surface area contributed by atoms with Gasteiger partial charge in [-0.05, 0) is 31.5 Å². The predicted molar refractivity (Wildman–Crippen MR) is 88.8 cm³/mol. The van der Waals surface area contributed by atoms with Crippen LogP contribution in [0, 0.1) is 0 Å². The van der Waals surface area contributed by atoms with Crippen molar-refractivity contribution in [1.82, 2.24) is 9.78 Å². The molecule has 1 aromatic heterocycles. The Labute approximate surface area is 139 Å². The molecule has 2 amide bonds. The number of anilines is 1. The van der Waals surface area contributed by atoms with E-state index in [1.54, 1.807) is 12.1 Å². The van der Waals surface area contributed by atoms with Crippen LogP contribution in [-0.2, 0) is 9.59 Å². The summed E-state index contributed by atoms with van der Waals surface area (Å²) in [6.45, 7) is 3.89. The van der Waals surface area contributed by atoms with Gasteiger partial charge in [0.1, 0.15) is 11.6 Å². The molecule has 7 heteroatoms. The van der Waals surface area contributed by atoms with E-state index in [0.29, 0.717) is 12.2 Å². The highest BCUT2D eigenvalue weighted by atomic mass is 16.5. The van der Waals surface area contributed by atoms with Gasteiger partial charge in [-0.1, -0.05) is 12.1 Å². The molecule has 0 bridgehead atoms. The summed E-state index contributed by atoms with van der Waals surface area (Å²) in [5.41, 5.74) is 7.07. The Morgan fingerprint density at radius 1 is 1.42 bits per heavy atom. The van der Waals surface area contributed by atoms with E-state index in [1.165, 1.54) is 0 Å². The first kappa shape index (κ1) is 16.0.